The topological polar surface area (TPSA) is 56.7 Å². The van der Waals surface area contributed by atoms with Gasteiger partial charge in [0.2, 0.25) is 0 Å². The quantitative estimate of drug-likeness (QED) is 0.229. The van der Waals surface area contributed by atoms with Crippen LogP contribution in [0.1, 0.15) is 40.5 Å². The van der Waals surface area contributed by atoms with Gasteiger partial charge in [0.15, 0.2) is 4.80 Å². The van der Waals surface area contributed by atoms with E-state index < -0.39 is 0 Å². The van der Waals surface area contributed by atoms with Crippen molar-refractivity contribution in [3.8, 4) is 17.1 Å². The van der Waals surface area contributed by atoms with Crippen LogP contribution in [0.5, 0.6) is 5.75 Å². The standard InChI is InChI=1S/C33H25BrN2O3S/c1-19-11-14-23(26(34)17-19)28-16-13-21(39-28)18-29-32(37)36-31(24-9-5-6-10-27(24)38-2)25-15-12-20-7-3-4-8-22(20)30(25)35-33(36)40-29/h3-11,13-14,16-18,31H,12,15H2,1-2H3/b29-18-/t31-/m0/s1. The molecule has 5 nitrogen and oxygen atoms in total. The van der Waals surface area contributed by atoms with E-state index in [1.807, 2.05) is 47.0 Å². The zero-order chi connectivity index (χ0) is 27.4. The molecular weight excluding hydrogens is 584 g/mol. The summed E-state index contributed by atoms with van der Waals surface area (Å²) in [7, 11) is 1.68. The number of nitrogens with zero attached hydrogens (tertiary/aromatic N) is 2. The Morgan fingerprint density at radius 1 is 1.02 bits per heavy atom. The summed E-state index contributed by atoms with van der Waals surface area (Å²) < 4.78 is 15.3. The maximum Gasteiger partial charge on any atom is 0.271 e. The first-order chi connectivity index (χ1) is 19.5. The molecule has 40 heavy (non-hydrogen) atoms. The number of fused-ring (bicyclic) bond motifs is 3. The molecule has 0 radical (unpaired) electrons. The minimum Gasteiger partial charge on any atom is -0.496 e. The molecule has 2 aliphatic rings. The number of allylic oxidation sites excluding steroid dienone is 1. The second kappa shape index (κ2) is 9.91. The van der Waals surface area contributed by atoms with Gasteiger partial charge in [0.1, 0.15) is 17.3 Å². The number of para-hydroxylation sites is 1. The lowest BCUT2D eigenvalue weighted by atomic mass is 9.83. The summed E-state index contributed by atoms with van der Waals surface area (Å²) in [6.07, 6.45) is 3.56. The van der Waals surface area contributed by atoms with Crippen LogP contribution in [-0.4, -0.2) is 11.7 Å². The molecule has 0 N–H and O–H groups in total. The van der Waals surface area contributed by atoms with Gasteiger partial charge in [-0.3, -0.25) is 9.36 Å². The number of benzene rings is 3. The van der Waals surface area contributed by atoms with Gasteiger partial charge in [-0.05, 0) is 66.8 Å². The summed E-state index contributed by atoms with van der Waals surface area (Å²) in [5, 5.41) is 0. The molecule has 7 heteroatoms. The van der Waals surface area contributed by atoms with Gasteiger partial charge in [0.05, 0.1) is 23.4 Å². The number of aromatic nitrogens is 1. The highest BCUT2D eigenvalue weighted by atomic mass is 79.9. The molecule has 0 spiro atoms. The average Bonchev–Trinajstić information content (AvgIpc) is 3.56. The summed E-state index contributed by atoms with van der Waals surface area (Å²) in [5.74, 6) is 2.12. The third-order valence-electron chi connectivity index (χ3n) is 7.60. The van der Waals surface area contributed by atoms with Crippen LogP contribution >= 0.6 is 27.3 Å². The Hall–Kier alpha value is -3.94. The lowest BCUT2D eigenvalue weighted by molar-refractivity contribution is 0.402. The SMILES string of the molecule is COc1ccccc1[C@H]1C2=C(N=c3s/c(=C\c4ccc(-c5ccc(C)cc5Br)o4)c(=O)n31)c1ccccc1CC2. The van der Waals surface area contributed by atoms with E-state index in [9.17, 15) is 4.79 Å². The Morgan fingerprint density at radius 2 is 1.85 bits per heavy atom. The molecule has 0 saturated heterocycles. The van der Waals surface area contributed by atoms with Crippen LogP contribution in [0, 0.1) is 6.92 Å². The number of rotatable bonds is 4. The molecule has 7 rings (SSSR count). The molecule has 0 fully saturated rings. The molecule has 1 atom stereocenters. The second-order valence-electron chi connectivity index (χ2n) is 10.0. The van der Waals surface area contributed by atoms with E-state index in [1.165, 1.54) is 22.5 Å². The molecule has 0 saturated carbocycles. The van der Waals surface area contributed by atoms with Gasteiger partial charge < -0.3 is 9.15 Å². The van der Waals surface area contributed by atoms with E-state index in [-0.39, 0.29) is 11.6 Å². The van der Waals surface area contributed by atoms with E-state index >= 15 is 0 Å². The molecule has 3 heterocycles. The number of furan rings is 1. The number of hydrogen-bond donors (Lipinski definition) is 0. The number of methoxy groups -OCH3 is 1. The fourth-order valence-corrected chi connectivity index (χ4v) is 7.39. The van der Waals surface area contributed by atoms with Gasteiger partial charge in [-0.2, -0.15) is 0 Å². The third-order valence-corrected chi connectivity index (χ3v) is 9.24. The van der Waals surface area contributed by atoms with E-state index in [0.29, 0.717) is 15.1 Å². The van der Waals surface area contributed by atoms with Crippen molar-refractivity contribution in [3.05, 3.63) is 137 Å². The highest BCUT2D eigenvalue weighted by Gasteiger charge is 2.34. The molecule has 0 amide bonds. The molecule has 1 aliphatic heterocycles. The Labute approximate surface area is 243 Å². The smallest absolute Gasteiger partial charge is 0.271 e. The van der Waals surface area contributed by atoms with Gasteiger partial charge in [0.25, 0.3) is 5.56 Å². The predicted molar refractivity (Wildman–Crippen MR) is 162 cm³/mol. The number of aryl methyl sites for hydroxylation is 2. The van der Waals surface area contributed by atoms with Gasteiger partial charge in [0, 0.05) is 27.2 Å². The highest BCUT2D eigenvalue weighted by molar-refractivity contribution is 9.10. The van der Waals surface area contributed by atoms with Crippen LogP contribution in [0.25, 0.3) is 23.1 Å². The predicted octanol–water partition coefficient (Wildman–Crippen LogP) is 6.66. The van der Waals surface area contributed by atoms with Crippen molar-refractivity contribution in [1.82, 2.24) is 4.57 Å². The van der Waals surface area contributed by atoms with Crippen molar-refractivity contribution in [1.29, 1.82) is 0 Å². The fraction of sp³-hybridized carbons (Fsp3) is 0.152. The van der Waals surface area contributed by atoms with E-state index in [4.69, 9.17) is 14.1 Å². The molecule has 198 valence electrons. The maximum atomic E-state index is 14.1. The number of ether oxygens (including phenoxy) is 1. The summed E-state index contributed by atoms with van der Waals surface area (Å²) in [6, 6.07) is 26.1. The van der Waals surface area contributed by atoms with E-state index in [2.05, 4.69) is 65.3 Å². The van der Waals surface area contributed by atoms with Crippen molar-refractivity contribution >= 4 is 39.0 Å². The summed E-state index contributed by atoms with van der Waals surface area (Å²) in [5.41, 5.74) is 7.55. The Balaban J connectivity index is 1.41. The molecule has 5 aromatic rings. The molecule has 1 aliphatic carbocycles. The van der Waals surface area contributed by atoms with Crippen molar-refractivity contribution in [3.63, 3.8) is 0 Å². The molecule has 2 aromatic heterocycles. The lowest BCUT2D eigenvalue weighted by Gasteiger charge is -2.31. The largest absolute Gasteiger partial charge is 0.496 e. The Bertz CT molecular complexity index is 2010. The molecule has 3 aromatic carbocycles. The summed E-state index contributed by atoms with van der Waals surface area (Å²) in [4.78, 5) is 19.8. The lowest BCUT2D eigenvalue weighted by Crippen LogP contribution is -2.38. The number of thiazole rings is 1. The zero-order valence-corrected chi connectivity index (χ0v) is 24.4. The van der Waals surface area contributed by atoms with Crippen LogP contribution in [0.4, 0.5) is 0 Å². The van der Waals surface area contributed by atoms with Crippen LogP contribution in [0.2, 0.25) is 0 Å². The van der Waals surface area contributed by atoms with E-state index in [1.54, 1.807) is 7.11 Å². The minimum atomic E-state index is -0.298. The van der Waals surface area contributed by atoms with Crippen LogP contribution in [0.15, 0.2) is 103 Å². The fourth-order valence-electron chi connectivity index (χ4n) is 5.72. The van der Waals surface area contributed by atoms with Gasteiger partial charge in [-0.25, -0.2) is 4.99 Å². The Kier molecular flexibility index (Phi) is 6.21. The van der Waals surface area contributed by atoms with Crippen molar-refractivity contribution in [2.24, 2.45) is 4.99 Å². The Morgan fingerprint density at radius 3 is 2.70 bits per heavy atom. The average molecular weight is 610 g/mol. The number of hydrogen-bond acceptors (Lipinski definition) is 5. The van der Waals surface area contributed by atoms with Crippen molar-refractivity contribution in [2.45, 2.75) is 25.8 Å². The van der Waals surface area contributed by atoms with Gasteiger partial charge in [-0.15, -0.1) is 0 Å². The second-order valence-corrected chi connectivity index (χ2v) is 11.9. The maximum absolute atomic E-state index is 14.1. The van der Waals surface area contributed by atoms with Gasteiger partial charge in [-0.1, -0.05) is 75.8 Å². The first kappa shape index (κ1) is 25.1. The van der Waals surface area contributed by atoms with Crippen LogP contribution in [-0.2, 0) is 6.42 Å². The normalized spacial score (nSPS) is 16.3. The number of halogens is 1. The first-order valence-electron chi connectivity index (χ1n) is 13.1. The van der Waals surface area contributed by atoms with Crippen LogP contribution in [0.3, 0.4) is 0 Å². The summed E-state index contributed by atoms with van der Waals surface area (Å²) in [6.45, 7) is 2.05. The van der Waals surface area contributed by atoms with E-state index in [0.717, 1.165) is 56.8 Å². The van der Waals surface area contributed by atoms with Crippen molar-refractivity contribution in [2.75, 3.05) is 7.11 Å². The monoisotopic (exact) mass is 608 g/mol. The minimum absolute atomic E-state index is 0.0838. The molecule has 0 bridgehead atoms. The molecular formula is C33H25BrN2O3S. The molecule has 0 unspecified atom stereocenters. The van der Waals surface area contributed by atoms with Gasteiger partial charge >= 0.3 is 0 Å². The van der Waals surface area contributed by atoms with Crippen molar-refractivity contribution < 1.29 is 9.15 Å². The first-order valence-corrected chi connectivity index (χ1v) is 14.7. The summed E-state index contributed by atoms with van der Waals surface area (Å²) >= 11 is 5.04. The highest BCUT2D eigenvalue weighted by Crippen LogP contribution is 2.43. The third kappa shape index (κ3) is 4.12. The zero-order valence-electron chi connectivity index (χ0n) is 22.0. The van der Waals surface area contributed by atoms with Crippen LogP contribution < -0.4 is 19.6 Å².